The first-order chi connectivity index (χ1) is 13.7. The van der Waals surface area contributed by atoms with E-state index in [1.165, 1.54) is 7.11 Å². The number of hydrogen-bond donors (Lipinski definition) is 1. The van der Waals surface area contributed by atoms with Crippen LogP contribution in [0.25, 0.3) is 6.08 Å². The molecule has 0 radical (unpaired) electrons. The summed E-state index contributed by atoms with van der Waals surface area (Å²) < 4.78 is 16.4. The number of methoxy groups -OCH3 is 1. The molecule has 1 atom stereocenters. The zero-order valence-electron chi connectivity index (χ0n) is 15.8. The molecule has 1 fully saturated rings. The van der Waals surface area contributed by atoms with Gasteiger partial charge < -0.3 is 24.2 Å². The maximum atomic E-state index is 12.8. The van der Waals surface area contributed by atoms with E-state index in [1.807, 2.05) is 23.1 Å². The molecule has 2 aromatic rings. The molecule has 4 rings (SSSR count). The van der Waals surface area contributed by atoms with Crippen molar-refractivity contribution in [1.82, 2.24) is 4.90 Å². The molecular formula is C22H23NO5. The predicted molar refractivity (Wildman–Crippen MR) is 105 cm³/mol. The van der Waals surface area contributed by atoms with Gasteiger partial charge in [0.2, 0.25) is 5.91 Å². The normalized spacial score (nSPS) is 18.5. The number of likely N-dealkylation sites (tertiary alicyclic amines) is 1. The zero-order chi connectivity index (χ0) is 19.5. The molecule has 2 heterocycles. The Morgan fingerprint density at radius 3 is 2.82 bits per heavy atom. The number of phenolic OH excluding ortho intramolecular Hbond substituents is 1. The second kappa shape index (κ2) is 7.84. The fraction of sp³-hybridized carbons (Fsp3) is 0.318. The Bertz CT molecular complexity index is 908. The third-order valence-corrected chi connectivity index (χ3v) is 5.11. The van der Waals surface area contributed by atoms with Crippen LogP contribution in [0.4, 0.5) is 0 Å². The Hall–Kier alpha value is -3.15. The predicted octanol–water partition coefficient (Wildman–Crippen LogP) is 3.55. The van der Waals surface area contributed by atoms with Gasteiger partial charge in [0.25, 0.3) is 0 Å². The summed E-state index contributed by atoms with van der Waals surface area (Å²) in [4.78, 5) is 14.7. The molecule has 6 nitrogen and oxygen atoms in total. The van der Waals surface area contributed by atoms with Gasteiger partial charge in [0.1, 0.15) is 13.2 Å². The third-order valence-electron chi connectivity index (χ3n) is 5.11. The van der Waals surface area contributed by atoms with Crippen molar-refractivity contribution >= 4 is 12.0 Å². The van der Waals surface area contributed by atoms with Crippen LogP contribution in [0.2, 0.25) is 0 Å². The van der Waals surface area contributed by atoms with Gasteiger partial charge in [-0.05, 0) is 54.3 Å². The second-order valence-corrected chi connectivity index (χ2v) is 6.86. The fourth-order valence-corrected chi connectivity index (χ4v) is 3.71. The molecule has 1 N–H and O–H groups in total. The molecule has 0 aromatic heterocycles. The highest BCUT2D eigenvalue weighted by molar-refractivity contribution is 5.92. The van der Waals surface area contributed by atoms with Crippen molar-refractivity contribution in [3.05, 3.63) is 53.6 Å². The minimum atomic E-state index is -0.0376. The van der Waals surface area contributed by atoms with Crippen molar-refractivity contribution in [2.75, 3.05) is 26.9 Å². The van der Waals surface area contributed by atoms with E-state index in [-0.39, 0.29) is 17.7 Å². The van der Waals surface area contributed by atoms with Crippen molar-refractivity contribution < 1.29 is 24.1 Å². The van der Waals surface area contributed by atoms with Crippen LogP contribution >= 0.6 is 0 Å². The molecule has 0 spiro atoms. The molecule has 28 heavy (non-hydrogen) atoms. The largest absolute Gasteiger partial charge is 0.504 e. The third kappa shape index (κ3) is 3.63. The molecule has 1 saturated heterocycles. The smallest absolute Gasteiger partial charge is 0.247 e. The number of benzene rings is 2. The molecule has 0 aliphatic carbocycles. The van der Waals surface area contributed by atoms with Gasteiger partial charge in [-0.3, -0.25) is 4.79 Å². The lowest BCUT2D eigenvalue weighted by molar-refractivity contribution is -0.126. The molecule has 2 aromatic carbocycles. The minimum absolute atomic E-state index is 0.0299. The van der Waals surface area contributed by atoms with Gasteiger partial charge in [-0.15, -0.1) is 0 Å². The van der Waals surface area contributed by atoms with E-state index in [0.29, 0.717) is 19.0 Å². The average molecular weight is 381 g/mol. The van der Waals surface area contributed by atoms with Crippen LogP contribution in [-0.4, -0.2) is 42.8 Å². The molecule has 2 aliphatic rings. The summed E-state index contributed by atoms with van der Waals surface area (Å²) in [6.07, 6.45) is 5.20. The number of hydrogen-bond acceptors (Lipinski definition) is 5. The average Bonchev–Trinajstić information content (AvgIpc) is 3.22. The number of fused-ring (bicyclic) bond motifs is 1. The van der Waals surface area contributed by atoms with E-state index < -0.39 is 0 Å². The van der Waals surface area contributed by atoms with Gasteiger partial charge in [0.15, 0.2) is 23.0 Å². The molecule has 1 amide bonds. The molecule has 2 aliphatic heterocycles. The van der Waals surface area contributed by atoms with Gasteiger partial charge in [-0.2, -0.15) is 0 Å². The molecule has 0 bridgehead atoms. The number of carbonyl (C=O) groups excluding carboxylic acids is 1. The monoisotopic (exact) mass is 381 g/mol. The van der Waals surface area contributed by atoms with Gasteiger partial charge >= 0.3 is 0 Å². The topological polar surface area (TPSA) is 68.2 Å². The number of amides is 1. The molecular weight excluding hydrogens is 358 g/mol. The molecule has 6 heteroatoms. The lowest BCUT2D eigenvalue weighted by atomic mass is 10.0. The van der Waals surface area contributed by atoms with Crippen molar-refractivity contribution in [2.24, 2.45) is 0 Å². The summed E-state index contributed by atoms with van der Waals surface area (Å²) in [7, 11) is 1.50. The van der Waals surface area contributed by atoms with E-state index in [2.05, 4.69) is 0 Å². The van der Waals surface area contributed by atoms with Crippen molar-refractivity contribution in [3.63, 3.8) is 0 Å². The number of phenols is 1. The maximum Gasteiger partial charge on any atom is 0.247 e. The van der Waals surface area contributed by atoms with Crippen LogP contribution in [0.3, 0.4) is 0 Å². The van der Waals surface area contributed by atoms with Gasteiger partial charge in [0.05, 0.1) is 13.2 Å². The van der Waals surface area contributed by atoms with E-state index in [0.717, 1.165) is 42.0 Å². The summed E-state index contributed by atoms with van der Waals surface area (Å²) >= 11 is 0. The van der Waals surface area contributed by atoms with Crippen LogP contribution in [-0.2, 0) is 4.79 Å². The summed E-state index contributed by atoms with van der Waals surface area (Å²) in [5.74, 6) is 1.92. The van der Waals surface area contributed by atoms with Crippen molar-refractivity contribution in [3.8, 4) is 23.0 Å². The van der Waals surface area contributed by atoms with Crippen molar-refractivity contribution in [2.45, 2.75) is 18.9 Å². The van der Waals surface area contributed by atoms with Gasteiger partial charge in [-0.25, -0.2) is 0 Å². The Labute approximate surface area is 163 Å². The van der Waals surface area contributed by atoms with Crippen LogP contribution in [0, 0.1) is 0 Å². The first-order valence-electron chi connectivity index (χ1n) is 9.41. The Morgan fingerprint density at radius 1 is 1.18 bits per heavy atom. The lowest BCUT2D eigenvalue weighted by Crippen LogP contribution is -2.29. The summed E-state index contributed by atoms with van der Waals surface area (Å²) in [6.45, 7) is 1.83. The number of nitrogens with zero attached hydrogens (tertiary/aromatic N) is 1. The molecule has 1 unspecified atom stereocenters. The van der Waals surface area contributed by atoms with Crippen LogP contribution in [0.5, 0.6) is 23.0 Å². The first-order valence-corrected chi connectivity index (χ1v) is 9.41. The molecule has 146 valence electrons. The number of ether oxygens (including phenoxy) is 3. The highest BCUT2D eigenvalue weighted by atomic mass is 16.6. The van der Waals surface area contributed by atoms with Gasteiger partial charge in [0, 0.05) is 12.6 Å². The summed E-state index contributed by atoms with van der Waals surface area (Å²) in [6, 6.07) is 10.9. The Morgan fingerprint density at radius 2 is 2.00 bits per heavy atom. The van der Waals surface area contributed by atoms with Gasteiger partial charge in [-0.1, -0.05) is 12.1 Å². The highest BCUT2D eigenvalue weighted by Crippen LogP contribution is 2.38. The quantitative estimate of drug-likeness (QED) is 0.821. The number of rotatable bonds is 4. The van der Waals surface area contributed by atoms with E-state index in [1.54, 1.807) is 30.4 Å². The lowest BCUT2D eigenvalue weighted by Gasteiger charge is -2.26. The maximum absolute atomic E-state index is 12.8. The second-order valence-electron chi connectivity index (χ2n) is 6.86. The van der Waals surface area contributed by atoms with E-state index >= 15 is 0 Å². The van der Waals surface area contributed by atoms with E-state index in [4.69, 9.17) is 14.2 Å². The number of aromatic hydroxyl groups is 1. The minimum Gasteiger partial charge on any atom is -0.504 e. The van der Waals surface area contributed by atoms with Crippen LogP contribution in [0.1, 0.15) is 30.0 Å². The zero-order valence-corrected chi connectivity index (χ0v) is 15.8. The fourth-order valence-electron chi connectivity index (χ4n) is 3.71. The summed E-state index contributed by atoms with van der Waals surface area (Å²) in [5.41, 5.74) is 1.85. The SMILES string of the molecule is COc1cc(C=CC(=O)N2CCCC2c2ccc3c(c2)OCCO3)ccc1O. The van der Waals surface area contributed by atoms with Crippen LogP contribution in [0.15, 0.2) is 42.5 Å². The van der Waals surface area contributed by atoms with Crippen molar-refractivity contribution in [1.29, 1.82) is 0 Å². The highest BCUT2D eigenvalue weighted by Gasteiger charge is 2.29. The van der Waals surface area contributed by atoms with Crippen LogP contribution < -0.4 is 14.2 Å². The Kier molecular flexibility index (Phi) is 5.10. The first kappa shape index (κ1) is 18.2. The number of carbonyl (C=O) groups is 1. The Balaban J connectivity index is 1.51. The van der Waals surface area contributed by atoms with E-state index in [9.17, 15) is 9.90 Å². The molecule has 0 saturated carbocycles. The standard InChI is InChI=1S/C22H23NO5/c1-26-20-13-15(4-7-18(20)24)5-9-22(25)23-10-2-3-17(23)16-6-8-19-21(14-16)28-12-11-27-19/h4-9,13-14,17,24H,2-3,10-12H2,1H3. The summed E-state index contributed by atoms with van der Waals surface area (Å²) in [5, 5.41) is 9.69.